The van der Waals surface area contributed by atoms with E-state index in [1.807, 2.05) is 49.1 Å². The molecular weight excluding hydrogens is 536 g/mol. The van der Waals surface area contributed by atoms with Gasteiger partial charge in [0.25, 0.3) is 0 Å². The summed E-state index contributed by atoms with van der Waals surface area (Å²) in [6.07, 6.45) is 7.35. The number of pyridine rings is 2. The van der Waals surface area contributed by atoms with Gasteiger partial charge in [-0.25, -0.2) is 0 Å². The van der Waals surface area contributed by atoms with Crippen LogP contribution >= 0.6 is 0 Å². The molecule has 208 valence electrons. The van der Waals surface area contributed by atoms with Crippen molar-refractivity contribution in [2.24, 2.45) is 0 Å². The fourth-order valence-electron chi connectivity index (χ4n) is 6.05. The maximum absolute atomic E-state index is 4.18. The standard InChI is InChI=1S/C40H28N4/c1-3-7-33(8-4-1)37-27-39-40(43(37)35-15-11-29(12-16-35)31-19-23-41-24-20-31)28-38(34-9-5-2-6-10-34)44(39)36-17-13-30(14-18-36)32-21-25-42-26-22-32/h1-28H. The molecule has 8 rings (SSSR count). The maximum atomic E-state index is 4.18. The molecule has 4 heterocycles. The van der Waals surface area contributed by atoms with E-state index >= 15 is 0 Å². The normalized spacial score (nSPS) is 11.2. The average Bonchev–Trinajstić information content (AvgIpc) is 3.67. The minimum atomic E-state index is 1.11. The second-order valence-corrected chi connectivity index (χ2v) is 10.8. The Balaban J connectivity index is 1.35. The lowest BCUT2D eigenvalue weighted by Crippen LogP contribution is -1.97. The molecule has 0 aliphatic carbocycles. The molecule has 0 fully saturated rings. The van der Waals surface area contributed by atoms with Crippen LogP contribution in [0.4, 0.5) is 0 Å². The van der Waals surface area contributed by atoms with E-state index in [0.29, 0.717) is 0 Å². The van der Waals surface area contributed by atoms with E-state index in [0.717, 1.165) is 56.0 Å². The molecule has 44 heavy (non-hydrogen) atoms. The van der Waals surface area contributed by atoms with Crippen molar-refractivity contribution in [1.29, 1.82) is 0 Å². The highest BCUT2D eigenvalue weighted by Crippen LogP contribution is 2.39. The van der Waals surface area contributed by atoms with Crippen molar-refractivity contribution in [2.75, 3.05) is 0 Å². The first-order chi connectivity index (χ1) is 21.8. The van der Waals surface area contributed by atoms with Gasteiger partial charge in [0.2, 0.25) is 0 Å². The van der Waals surface area contributed by atoms with E-state index < -0.39 is 0 Å². The number of aromatic nitrogens is 4. The molecule has 0 aliphatic heterocycles. The SMILES string of the molecule is c1ccc(-c2cc3c(cc(-c4ccccc4)n3-c3ccc(-c4ccncc4)cc3)n2-c2ccc(-c3ccncc3)cc2)cc1. The number of nitrogens with zero attached hydrogens (tertiary/aromatic N) is 4. The summed E-state index contributed by atoms with van der Waals surface area (Å²) >= 11 is 0. The summed E-state index contributed by atoms with van der Waals surface area (Å²) in [4.78, 5) is 8.36. The van der Waals surface area contributed by atoms with Crippen molar-refractivity contribution in [3.05, 3.63) is 170 Å². The smallest absolute Gasteiger partial charge is 0.0724 e. The van der Waals surface area contributed by atoms with Crippen molar-refractivity contribution < 1.29 is 0 Å². The number of fused-ring (bicyclic) bond motifs is 1. The van der Waals surface area contributed by atoms with Crippen LogP contribution < -0.4 is 0 Å². The lowest BCUT2D eigenvalue weighted by molar-refractivity contribution is 1.13. The van der Waals surface area contributed by atoms with Crippen molar-refractivity contribution in [3.63, 3.8) is 0 Å². The van der Waals surface area contributed by atoms with Gasteiger partial charge in [0.15, 0.2) is 0 Å². The minimum absolute atomic E-state index is 1.11. The number of hydrogen-bond acceptors (Lipinski definition) is 2. The number of rotatable bonds is 6. The van der Waals surface area contributed by atoms with Crippen LogP contribution in [0, 0.1) is 0 Å². The molecule has 4 heteroatoms. The Labute approximate surface area is 256 Å². The average molecular weight is 565 g/mol. The quantitative estimate of drug-likeness (QED) is 0.201. The molecule has 8 aromatic rings. The van der Waals surface area contributed by atoms with E-state index in [2.05, 4.69) is 140 Å². The van der Waals surface area contributed by atoms with Crippen molar-refractivity contribution in [3.8, 4) is 56.1 Å². The van der Waals surface area contributed by atoms with Gasteiger partial charge < -0.3 is 9.13 Å². The Morgan fingerprint density at radius 1 is 0.318 bits per heavy atom. The van der Waals surface area contributed by atoms with Crippen molar-refractivity contribution in [2.45, 2.75) is 0 Å². The van der Waals surface area contributed by atoms with E-state index in [1.54, 1.807) is 0 Å². The third kappa shape index (κ3) is 4.59. The van der Waals surface area contributed by atoms with Crippen LogP contribution in [-0.2, 0) is 0 Å². The Bertz CT molecular complexity index is 2000. The molecule has 0 radical (unpaired) electrons. The predicted molar refractivity (Wildman–Crippen MR) is 180 cm³/mol. The Kier molecular flexibility index (Phi) is 6.43. The first-order valence-electron chi connectivity index (χ1n) is 14.7. The summed E-state index contributed by atoms with van der Waals surface area (Å²) in [5, 5.41) is 0. The highest BCUT2D eigenvalue weighted by atomic mass is 15.1. The van der Waals surface area contributed by atoms with Crippen LogP contribution in [-0.4, -0.2) is 19.1 Å². The van der Waals surface area contributed by atoms with Crippen LogP contribution in [0.3, 0.4) is 0 Å². The highest BCUT2D eigenvalue weighted by molar-refractivity contribution is 5.94. The van der Waals surface area contributed by atoms with E-state index in [4.69, 9.17) is 0 Å². The lowest BCUT2D eigenvalue weighted by Gasteiger charge is -2.13. The molecule has 0 atom stereocenters. The molecule has 4 aromatic carbocycles. The second-order valence-electron chi connectivity index (χ2n) is 10.8. The molecular formula is C40H28N4. The van der Waals surface area contributed by atoms with Crippen molar-refractivity contribution in [1.82, 2.24) is 19.1 Å². The second kappa shape index (κ2) is 11.0. The van der Waals surface area contributed by atoms with Gasteiger partial charge in [0.05, 0.1) is 22.4 Å². The molecule has 0 aliphatic rings. The zero-order valence-electron chi connectivity index (χ0n) is 24.0. The summed E-state index contributed by atoms with van der Waals surface area (Å²) < 4.78 is 4.77. The monoisotopic (exact) mass is 564 g/mol. The van der Waals surface area contributed by atoms with E-state index in [9.17, 15) is 0 Å². The number of benzene rings is 4. The van der Waals surface area contributed by atoms with E-state index in [1.165, 1.54) is 11.1 Å². The summed E-state index contributed by atoms with van der Waals surface area (Å²) in [6, 6.07) is 51.7. The minimum Gasteiger partial charge on any atom is -0.308 e. The summed E-state index contributed by atoms with van der Waals surface area (Å²) in [5.41, 5.74) is 13.8. The topological polar surface area (TPSA) is 35.6 Å². The van der Waals surface area contributed by atoms with Crippen LogP contribution in [0.5, 0.6) is 0 Å². The molecule has 0 amide bonds. The Morgan fingerprint density at radius 2 is 0.659 bits per heavy atom. The number of hydrogen-bond donors (Lipinski definition) is 0. The van der Waals surface area contributed by atoms with Gasteiger partial charge in [-0.05, 0) is 94.0 Å². The fourth-order valence-corrected chi connectivity index (χ4v) is 6.05. The van der Waals surface area contributed by atoms with Crippen LogP contribution in [0.1, 0.15) is 0 Å². The highest BCUT2D eigenvalue weighted by Gasteiger charge is 2.21. The first kappa shape index (κ1) is 25.7. The molecule has 4 nitrogen and oxygen atoms in total. The zero-order chi connectivity index (χ0) is 29.3. The molecule has 0 N–H and O–H groups in total. The predicted octanol–water partition coefficient (Wildman–Crippen LogP) is 9.88. The van der Waals surface area contributed by atoms with Gasteiger partial charge in [-0.3, -0.25) is 9.97 Å². The molecule has 0 unspecified atom stereocenters. The molecule has 4 aromatic heterocycles. The fraction of sp³-hybridized carbons (Fsp3) is 0. The molecule has 0 saturated carbocycles. The van der Waals surface area contributed by atoms with E-state index in [-0.39, 0.29) is 0 Å². The molecule has 0 bridgehead atoms. The third-order valence-electron chi connectivity index (χ3n) is 8.19. The maximum Gasteiger partial charge on any atom is 0.0724 e. The van der Waals surface area contributed by atoms with Crippen LogP contribution in [0.15, 0.2) is 170 Å². The van der Waals surface area contributed by atoms with Gasteiger partial charge >= 0.3 is 0 Å². The first-order valence-corrected chi connectivity index (χ1v) is 14.7. The van der Waals surface area contributed by atoms with Gasteiger partial charge in [-0.1, -0.05) is 84.9 Å². The van der Waals surface area contributed by atoms with Crippen molar-refractivity contribution >= 4 is 11.0 Å². The van der Waals surface area contributed by atoms with Gasteiger partial charge in [-0.2, -0.15) is 0 Å². The lowest BCUT2D eigenvalue weighted by atomic mass is 10.1. The van der Waals surface area contributed by atoms with Crippen LogP contribution in [0.2, 0.25) is 0 Å². The Hall–Kier alpha value is -6.00. The van der Waals surface area contributed by atoms with Gasteiger partial charge in [0.1, 0.15) is 0 Å². The largest absolute Gasteiger partial charge is 0.308 e. The summed E-state index contributed by atoms with van der Waals surface area (Å²) in [5.74, 6) is 0. The molecule has 0 saturated heterocycles. The third-order valence-corrected chi connectivity index (χ3v) is 8.19. The summed E-state index contributed by atoms with van der Waals surface area (Å²) in [6.45, 7) is 0. The summed E-state index contributed by atoms with van der Waals surface area (Å²) in [7, 11) is 0. The Morgan fingerprint density at radius 3 is 1.02 bits per heavy atom. The molecule has 0 spiro atoms. The van der Waals surface area contributed by atoms with Crippen LogP contribution in [0.25, 0.3) is 67.2 Å². The van der Waals surface area contributed by atoms with Gasteiger partial charge in [0, 0.05) is 36.2 Å². The van der Waals surface area contributed by atoms with Gasteiger partial charge in [-0.15, -0.1) is 0 Å². The zero-order valence-corrected chi connectivity index (χ0v) is 24.0.